The van der Waals surface area contributed by atoms with Gasteiger partial charge in [0.2, 0.25) is 0 Å². The van der Waals surface area contributed by atoms with E-state index in [1.165, 1.54) is 0 Å². The van der Waals surface area contributed by atoms with Crippen LogP contribution in [0.5, 0.6) is 0 Å². The number of rotatable bonds is 12. The molecule has 1 aliphatic carbocycles. The Kier molecular flexibility index (Phi) is 8.04. The molecule has 0 amide bonds. The zero-order valence-corrected chi connectivity index (χ0v) is 15.9. The number of carboxylic acids is 1. The number of ether oxygens (including phenoxy) is 1. The van der Waals surface area contributed by atoms with Gasteiger partial charge in [-0.3, -0.25) is 4.79 Å². The zero-order valence-electron chi connectivity index (χ0n) is 15.9. The van der Waals surface area contributed by atoms with Gasteiger partial charge in [0.1, 0.15) is 6.17 Å². The summed E-state index contributed by atoms with van der Waals surface area (Å²) in [6.07, 6.45) is 2.74. The summed E-state index contributed by atoms with van der Waals surface area (Å²) in [6.45, 7) is 1.96. The highest BCUT2D eigenvalue weighted by atomic mass is 19.2. The lowest BCUT2D eigenvalue weighted by Crippen LogP contribution is -2.30. The topological polar surface area (TPSA) is 90.3 Å². The molecule has 0 aromatic carbocycles. The van der Waals surface area contributed by atoms with Crippen LogP contribution in [0.3, 0.4) is 0 Å². The van der Waals surface area contributed by atoms with Gasteiger partial charge < -0.3 is 20.1 Å². The number of halogens is 2. The summed E-state index contributed by atoms with van der Waals surface area (Å²) in [5.41, 5.74) is 0. The number of aliphatic hydroxyl groups is 2. The smallest absolute Gasteiger partial charge is 0.308 e. The summed E-state index contributed by atoms with van der Waals surface area (Å²) >= 11 is 0. The molecule has 6 atom stereocenters. The number of unbranched alkanes of at least 4 members (excludes halogenated alkanes) is 2. The Morgan fingerprint density at radius 1 is 1.37 bits per heavy atom. The first-order chi connectivity index (χ1) is 12.8. The maximum atomic E-state index is 15.1. The van der Waals surface area contributed by atoms with Crippen LogP contribution in [0.4, 0.5) is 8.78 Å². The van der Waals surface area contributed by atoms with E-state index in [9.17, 15) is 19.4 Å². The van der Waals surface area contributed by atoms with Crippen LogP contribution < -0.4 is 0 Å². The molecule has 3 N–H and O–H groups in total. The van der Waals surface area contributed by atoms with Crippen LogP contribution in [-0.4, -0.2) is 45.5 Å². The Bertz CT molecular complexity index is 527. The minimum atomic E-state index is -1.91. The van der Waals surface area contributed by atoms with Gasteiger partial charge in [0.25, 0.3) is 0 Å². The Balaban J connectivity index is 1.86. The van der Waals surface area contributed by atoms with E-state index in [2.05, 4.69) is 0 Å². The molecule has 27 heavy (non-hydrogen) atoms. The van der Waals surface area contributed by atoms with Gasteiger partial charge in [0.15, 0.2) is 5.76 Å². The monoisotopic (exact) mass is 390 g/mol. The van der Waals surface area contributed by atoms with Crippen molar-refractivity contribution in [2.75, 3.05) is 0 Å². The lowest BCUT2D eigenvalue weighted by molar-refractivity contribution is -0.137. The molecule has 5 nitrogen and oxygen atoms in total. The van der Waals surface area contributed by atoms with Crippen molar-refractivity contribution >= 4 is 5.97 Å². The van der Waals surface area contributed by atoms with E-state index in [0.717, 1.165) is 6.42 Å². The van der Waals surface area contributed by atoms with Crippen molar-refractivity contribution in [3.8, 4) is 0 Å². The number of hydrogen-bond acceptors (Lipinski definition) is 4. The minimum absolute atomic E-state index is 0.0220. The normalized spacial score (nSPS) is 33.7. The fourth-order valence-corrected chi connectivity index (χ4v) is 4.10. The number of carbonyl (C=O) groups is 1. The van der Waals surface area contributed by atoms with Crippen LogP contribution >= 0.6 is 0 Å². The molecule has 1 saturated heterocycles. The molecule has 156 valence electrons. The van der Waals surface area contributed by atoms with E-state index in [-0.39, 0.29) is 24.5 Å². The average molecular weight is 390 g/mol. The lowest BCUT2D eigenvalue weighted by Gasteiger charge is -2.24. The van der Waals surface area contributed by atoms with Gasteiger partial charge in [-0.25, -0.2) is 4.39 Å². The number of alkyl halides is 2. The molecule has 2 fully saturated rings. The molecule has 0 aromatic heterocycles. The van der Waals surface area contributed by atoms with Crippen molar-refractivity contribution in [2.45, 2.75) is 95.4 Å². The van der Waals surface area contributed by atoms with Crippen molar-refractivity contribution in [3.63, 3.8) is 0 Å². The largest absolute Gasteiger partial charge is 0.481 e. The Hall–Kier alpha value is -1.21. The van der Waals surface area contributed by atoms with Crippen molar-refractivity contribution in [1.82, 2.24) is 0 Å². The molecule has 7 heteroatoms. The number of carboxylic acid groups (broad SMARTS) is 1. The third-order valence-electron chi connectivity index (χ3n) is 5.79. The van der Waals surface area contributed by atoms with Gasteiger partial charge in [-0.05, 0) is 56.9 Å². The zero-order chi connectivity index (χ0) is 20.0. The van der Waals surface area contributed by atoms with Gasteiger partial charge in [0.05, 0.1) is 12.2 Å². The third kappa shape index (κ3) is 5.88. The summed E-state index contributed by atoms with van der Waals surface area (Å²) < 4.78 is 34.2. The molecule has 1 heterocycles. The van der Waals surface area contributed by atoms with Gasteiger partial charge in [-0.1, -0.05) is 19.8 Å². The molecule has 2 aliphatic rings. The van der Waals surface area contributed by atoms with E-state index in [0.29, 0.717) is 44.9 Å². The van der Waals surface area contributed by atoms with E-state index >= 15 is 4.39 Å². The third-order valence-corrected chi connectivity index (χ3v) is 5.79. The fraction of sp³-hybridized carbons (Fsp3) is 0.850. The maximum absolute atomic E-state index is 15.1. The Morgan fingerprint density at radius 2 is 2.11 bits per heavy atom. The van der Waals surface area contributed by atoms with Crippen LogP contribution in [0.1, 0.15) is 71.1 Å². The van der Waals surface area contributed by atoms with Crippen molar-refractivity contribution in [3.05, 3.63) is 11.8 Å². The average Bonchev–Trinajstić information content (AvgIpc) is 3.13. The summed E-state index contributed by atoms with van der Waals surface area (Å²) in [6, 6.07) is 0. The maximum Gasteiger partial charge on any atom is 0.308 e. The molecule has 0 bridgehead atoms. The number of epoxide rings is 1. The number of allylic oxidation sites excluding steroid dienone is 1. The summed E-state index contributed by atoms with van der Waals surface area (Å²) in [5.74, 6) is -3.48. The second-order valence-electron chi connectivity index (χ2n) is 7.82. The first kappa shape index (κ1) is 22.1. The summed E-state index contributed by atoms with van der Waals surface area (Å²) in [4.78, 5) is 10.5. The second kappa shape index (κ2) is 9.82. The fourth-order valence-electron chi connectivity index (χ4n) is 4.10. The number of hydrogen-bond donors (Lipinski definition) is 3. The van der Waals surface area contributed by atoms with Crippen LogP contribution in [0.25, 0.3) is 0 Å². The summed E-state index contributed by atoms with van der Waals surface area (Å²) in [5, 5.41) is 28.8. The van der Waals surface area contributed by atoms with Crippen molar-refractivity contribution < 1.29 is 33.6 Å². The van der Waals surface area contributed by atoms with E-state index in [1.807, 2.05) is 6.92 Å². The molecule has 2 rings (SSSR count). The number of aliphatic carboxylic acids is 1. The van der Waals surface area contributed by atoms with E-state index in [1.54, 1.807) is 6.08 Å². The molecular formula is C20H32F2O5. The van der Waals surface area contributed by atoms with Gasteiger partial charge in [-0.15, -0.1) is 0 Å². The van der Waals surface area contributed by atoms with Crippen LogP contribution in [0, 0.1) is 11.8 Å². The van der Waals surface area contributed by atoms with E-state index in [4.69, 9.17) is 9.84 Å². The molecule has 0 spiro atoms. The first-order valence-electron chi connectivity index (χ1n) is 10.1. The molecular weight excluding hydrogens is 358 g/mol. The molecule has 1 aliphatic heterocycles. The summed E-state index contributed by atoms with van der Waals surface area (Å²) in [7, 11) is 0. The first-order valence-corrected chi connectivity index (χ1v) is 10.1. The SMILES string of the molecule is CCCCC(F)C(O)CC[C@H]1C(O)CC[C@@H]1C1(F)O/C1=C\CCCC(=O)O. The standard InChI is InChI=1S/C20H32F2O5/c1-2-3-6-15(21)17(24)11-9-13-14(10-12-16(13)23)20(22)18(27-20)7-4-5-8-19(25)26/h7,13-17,23-24H,2-6,8-12H2,1H3,(H,25,26)/b18-7-/t13-,14+,15?,16?,17?,20?/m1/s1. The molecule has 4 unspecified atom stereocenters. The van der Waals surface area contributed by atoms with E-state index < -0.39 is 36.1 Å². The van der Waals surface area contributed by atoms with Crippen molar-refractivity contribution in [1.29, 1.82) is 0 Å². The highest BCUT2D eigenvalue weighted by Gasteiger charge is 2.63. The lowest BCUT2D eigenvalue weighted by atomic mass is 9.85. The predicted molar refractivity (Wildman–Crippen MR) is 96.4 cm³/mol. The Morgan fingerprint density at radius 3 is 2.78 bits per heavy atom. The highest BCUT2D eigenvalue weighted by Crippen LogP contribution is 2.57. The van der Waals surface area contributed by atoms with Crippen LogP contribution in [-0.2, 0) is 9.53 Å². The number of aliphatic hydroxyl groups excluding tert-OH is 2. The minimum Gasteiger partial charge on any atom is -0.481 e. The van der Waals surface area contributed by atoms with Gasteiger partial charge in [-0.2, -0.15) is 4.39 Å². The molecule has 1 saturated carbocycles. The second-order valence-corrected chi connectivity index (χ2v) is 7.82. The van der Waals surface area contributed by atoms with Gasteiger partial charge in [0, 0.05) is 12.3 Å². The highest BCUT2D eigenvalue weighted by molar-refractivity contribution is 5.66. The molecule has 0 aromatic rings. The quantitative estimate of drug-likeness (QED) is 0.348. The Labute approximate surface area is 159 Å². The van der Waals surface area contributed by atoms with Gasteiger partial charge >= 0.3 is 11.8 Å². The molecule has 0 radical (unpaired) electrons. The van der Waals surface area contributed by atoms with Crippen molar-refractivity contribution in [2.24, 2.45) is 11.8 Å². The van der Waals surface area contributed by atoms with Crippen LogP contribution in [0.15, 0.2) is 11.8 Å². The van der Waals surface area contributed by atoms with Crippen LogP contribution in [0.2, 0.25) is 0 Å². The predicted octanol–water partition coefficient (Wildman–Crippen LogP) is 3.88.